The molecule has 0 bridgehead atoms. The Morgan fingerprint density at radius 3 is 2.48 bits per heavy atom. The van der Waals surface area contributed by atoms with Crippen molar-refractivity contribution >= 4 is 22.4 Å². The van der Waals surface area contributed by atoms with Crippen molar-refractivity contribution in [2.45, 2.75) is 13.5 Å². The molecule has 0 radical (unpaired) electrons. The first-order valence-corrected chi connectivity index (χ1v) is 9.28. The topological polar surface area (TPSA) is 71.7 Å². The molecule has 0 aliphatic carbocycles. The third kappa shape index (κ3) is 3.73. The number of aliphatic hydroxyl groups is 1. The van der Waals surface area contributed by atoms with Gasteiger partial charge in [0.15, 0.2) is 0 Å². The monoisotopic (exact) mass is 387 g/mol. The van der Waals surface area contributed by atoms with E-state index in [0.29, 0.717) is 28.5 Å². The van der Waals surface area contributed by atoms with Gasteiger partial charge in [0.05, 0.1) is 12.7 Å². The summed E-state index contributed by atoms with van der Waals surface area (Å²) in [4.78, 5) is 13.0. The van der Waals surface area contributed by atoms with Gasteiger partial charge in [-0.05, 0) is 53.6 Å². The minimum Gasteiger partial charge on any atom is -0.496 e. The average molecular weight is 387 g/mol. The second-order valence-corrected chi connectivity index (χ2v) is 6.81. The maximum atomic E-state index is 13.0. The molecule has 0 saturated carbocycles. The van der Waals surface area contributed by atoms with Crippen LogP contribution in [0, 0.1) is 6.92 Å². The molecule has 1 heterocycles. The summed E-state index contributed by atoms with van der Waals surface area (Å²) in [6, 6.07) is 20.8. The van der Waals surface area contributed by atoms with Gasteiger partial charge in [0.2, 0.25) is 0 Å². The number of carbonyl (C=O) groups excluding carboxylic acids is 1. The molecule has 0 aliphatic heterocycles. The smallest absolute Gasteiger partial charge is 0.259 e. The van der Waals surface area contributed by atoms with Gasteiger partial charge in [-0.15, -0.1) is 0 Å². The van der Waals surface area contributed by atoms with E-state index < -0.39 is 0 Å². The van der Waals surface area contributed by atoms with Crippen LogP contribution in [-0.4, -0.2) is 18.1 Å². The van der Waals surface area contributed by atoms with Crippen LogP contribution in [0.2, 0.25) is 0 Å². The zero-order valence-electron chi connectivity index (χ0n) is 16.2. The zero-order valence-corrected chi connectivity index (χ0v) is 16.2. The first-order chi connectivity index (χ1) is 14.1. The fraction of sp³-hybridized carbons (Fsp3) is 0.125. The summed E-state index contributed by atoms with van der Waals surface area (Å²) in [6.45, 7) is 1.77. The summed E-state index contributed by atoms with van der Waals surface area (Å²) < 4.78 is 11.1. The molecule has 5 heteroatoms. The lowest BCUT2D eigenvalue weighted by atomic mass is 10.0. The normalized spacial score (nSPS) is 10.9. The van der Waals surface area contributed by atoms with E-state index in [4.69, 9.17) is 9.15 Å². The van der Waals surface area contributed by atoms with E-state index in [0.717, 1.165) is 21.9 Å². The highest BCUT2D eigenvalue weighted by Gasteiger charge is 2.16. The highest BCUT2D eigenvalue weighted by molar-refractivity contribution is 6.09. The fourth-order valence-electron chi connectivity index (χ4n) is 3.28. The molecule has 4 rings (SSSR count). The predicted octanol–water partition coefficient (Wildman–Crippen LogP) is 5.16. The summed E-state index contributed by atoms with van der Waals surface area (Å²) in [6.07, 6.45) is 0. The van der Waals surface area contributed by atoms with E-state index in [1.165, 1.54) is 0 Å². The Balaban J connectivity index is 1.68. The standard InChI is InChI=1S/C24H21NO4/c1-15-7-8-18(22-10-9-19(14-26)29-22)12-21(15)25-24(27)20-11-16-5-3-4-6-17(16)13-23(20)28-2/h3-13,26H,14H2,1-2H3,(H,25,27). The molecule has 146 valence electrons. The predicted molar refractivity (Wildman–Crippen MR) is 113 cm³/mol. The van der Waals surface area contributed by atoms with Crippen molar-refractivity contribution in [1.82, 2.24) is 0 Å². The van der Waals surface area contributed by atoms with Crippen LogP contribution in [0.1, 0.15) is 21.7 Å². The molecule has 0 fully saturated rings. The van der Waals surface area contributed by atoms with Crippen molar-refractivity contribution in [1.29, 1.82) is 0 Å². The Labute approximate surface area is 168 Å². The van der Waals surface area contributed by atoms with Crippen molar-refractivity contribution in [2.24, 2.45) is 0 Å². The summed E-state index contributed by atoms with van der Waals surface area (Å²) in [5.41, 5.74) is 2.90. The van der Waals surface area contributed by atoms with Crippen molar-refractivity contribution in [2.75, 3.05) is 12.4 Å². The molecule has 0 aliphatic rings. The van der Waals surface area contributed by atoms with Crippen LogP contribution in [0.25, 0.3) is 22.1 Å². The summed E-state index contributed by atoms with van der Waals surface area (Å²) in [5, 5.41) is 14.2. The number of hydrogen-bond acceptors (Lipinski definition) is 4. The van der Waals surface area contributed by atoms with Gasteiger partial charge in [0.25, 0.3) is 5.91 Å². The number of furan rings is 1. The largest absolute Gasteiger partial charge is 0.496 e. The van der Waals surface area contributed by atoms with Gasteiger partial charge in [-0.2, -0.15) is 0 Å². The number of ether oxygens (including phenoxy) is 1. The number of benzene rings is 3. The second kappa shape index (κ2) is 7.81. The number of nitrogens with one attached hydrogen (secondary N) is 1. The van der Waals surface area contributed by atoms with Crippen LogP contribution in [0.4, 0.5) is 5.69 Å². The van der Waals surface area contributed by atoms with Crippen LogP contribution in [-0.2, 0) is 6.61 Å². The van der Waals surface area contributed by atoms with E-state index in [1.807, 2.05) is 61.5 Å². The highest BCUT2D eigenvalue weighted by atomic mass is 16.5. The Morgan fingerprint density at radius 2 is 1.79 bits per heavy atom. The number of hydrogen-bond donors (Lipinski definition) is 2. The van der Waals surface area contributed by atoms with E-state index in [2.05, 4.69) is 5.32 Å². The lowest BCUT2D eigenvalue weighted by molar-refractivity contribution is 0.102. The molecule has 0 unspecified atom stereocenters. The SMILES string of the molecule is COc1cc2ccccc2cc1C(=O)Nc1cc(-c2ccc(CO)o2)ccc1C. The van der Waals surface area contributed by atoms with Gasteiger partial charge in [-0.25, -0.2) is 0 Å². The second-order valence-electron chi connectivity index (χ2n) is 6.81. The Morgan fingerprint density at radius 1 is 1.03 bits per heavy atom. The lowest BCUT2D eigenvalue weighted by Gasteiger charge is -2.13. The Kier molecular flexibility index (Phi) is 5.06. The first kappa shape index (κ1) is 18.8. The van der Waals surface area contributed by atoms with Crippen molar-refractivity contribution in [3.05, 3.63) is 83.6 Å². The van der Waals surface area contributed by atoms with Crippen LogP contribution in [0.15, 0.2) is 71.1 Å². The molecule has 1 aromatic heterocycles. The van der Waals surface area contributed by atoms with Gasteiger partial charge >= 0.3 is 0 Å². The van der Waals surface area contributed by atoms with Crippen LogP contribution in [0.3, 0.4) is 0 Å². The number of rotatable bonds is 5. The molecule has 3 aromatic carbocycles. The number of amides is 1. The molecular weight excluding hydrogens is 366 g/mol. The maximum Gasteiger partial charge on any atom is 0.259 e. The molecule has 2 N–H and O–H groups in total. The highest BCUT2D eigenvalue weighted by Crippen LogP contribution is 2.30. The number of aryl methyl sites for hydroxylation is 1. The third-order valence-electron chi connectivity index (χ3n) is 4.90. The number of methoxy groups -OCH3 is 1. The van der Waals surface area contributed by atoms with Crippen LogP contribution in [0.5, 0.6) is 5.75 Å². The van der Waals surface area contributed by atoms with Crippen molar-refractivity contribution in [3.8, 4) is 17.1 Å². The molecule has 5 nitrogen and oxygen atoms in total. The summed E-state index contributed by atoms with van der Waals surface area (Å²) >= 11 is 0. The third-order valence-corrected chi connectivity index (χ3v) is 4.90. The Hall–Kier alpha value is -3.57. The summed E-state index contributed by atoms with van der Waals surface area (Å²) in [5.74, 6) is 1.40. The molecule has 0 spiro atoms. The minimum atomic E-state index is -0.247. The zero-order chi connectivity index (χ0) is 20.4. The van der Waals surface area contributed by atoms with E-state index in [-0.39, 0.29) is 12.5 Å². The first-order valence-electron chi connectivity index (χ1n) is 9.28. The molecule has 1 amide bonds. The average Bonchev–Trinajstić information content (AvgIpc) is 3.23. The number of aliphatic hydroxyl groups excluding tert-OH is 1. The van der Waals surface area contributed by atoms with E-state index in [1.54, 1.807) is 19.2 Å². The van der Waals surface area contributed by atoms with Gasteiger partial charge in [-0.1, -0.05) is 36.4 Å². The fourth-order valence-corrected chi connectivity index (χ4v) is 3.28. The van der Waals surface area contributed by atoms with E-state index in [9.17, 15) is 9.90 Å². The van der Waals surface area contributed by atoms with Gasteiger partial charge < -0.3 is 19.6 Å². The van der Waals surface area contributed by atoms with Crippen molar-refractivity contribution in [3.63, 3.8) is 0 Å². The number of fused-ring (bicyclic) bond motifs is 1. The van der Waals surface area contributed by atoms with Gasteiger partial charge in [-0.3, -0.25) is 4.79 Å². The van der Waals surface area contributed by atoms with Crippen LogP contribution >= 0.6 is 0 Å². The number of carbonyl (C=O) groups is 1. The maximum absolute atomic E-state index is 13.0. The quantitative estimate of drug-likeness (QED) is 0.496. The molecule has 29 heavy (non-hydrogen) atoms. The summed E-state index contributed by atoms with van der Waals surface area (Å²) in [7, 11) is 1.56. The van der Waals surface area contributed by atoms with Crippen molar-refractivity contribution < 1.29 is 19.1 Å². The minimum absolute atomic E-state index is 0.156. The molecule has 4 aromatic rings. The van der Waals surface area contributed by atoms with Gasteiger partial charge in [0.1, 0.15) is 23.9 Å². The lowest BCUT2D eigenvalue weighted by Crippen LogP contribution is -2.14. The molecule has 0 atom stereocenters. The van der Waals surface area contributed by atoms with Crippen LogP contribution < -0.4 is 10.1 Å². The molecule has 0 saturated heterocycles. The number of anilines is 1. The molecular formula is C24H21NO4. The Bertz CT molecular complexity index is 1190. The van der Waals surface area contributed by atoms with Gasteiger partial charge in [0, 0.05) is 11.3 Å². The van der Waals surface area contributed by atoms with E-state index >= 15 is 0 Å².